The minimum atomic E-state index is -3.95. The number of hydrogen-bond acceptors (Lipinski definition) is 4. The second-order valence-corrected chi connectivity index (χ2v) is 7.39. The molecule has 0 spiro atoms. The molecule has 1 fully saturated rings. The fraction of sp³-hybridized carbons (Fsp3) is 0.417. The molecule has 0 bridgehead atoms. The normalized spacial score (nSPS) is 16.2. The van der Waals surface area contributed by atoms with Gasteiger partial charge in [0, 0.05) is 34.4 Å². The summed E-state index contributed by atoms with van der Waals surface area (Å²) < 4.78 is 28.2. The third-order valence-corrected chi connectivity index (χ3v) is 4.78. The van der Waals surface area contributed by atoms with E-state index in [9.17, 15) is 13.2 Å². The summed E-state index contributed by atoms with van der Waals surface area (Å²) >= 11 is 5.89. The molecule has 110 valence electrons. The number of carbonyl (C=O) groups excluding carboxylic acids is 1. The molecule has 0 aromatic heterocycles. The maximum atomic E-state index is 12.4. The van der Waals surface area contributed by atoms with Crippen molar-refractivity contribution in [2.45, 2.75) is 11.8 Å². The molecule has 1 aliphatic rings. The van der Waals surface area contributed by atoms with Crippen LogP contribution in [0.3, 0.4) is 0 Å². The molecule has 1 aliphatic heterocycles. The Morgan fingerprint density at radius 3 is 2.45 bits per heavy atom. The number of rotatable bonds is 2. The number of hydrogen-bond donors (Lipinski definition) is 0. The molecule has 1 aromatic rings. The molecule has 1 amide bonds. The van der Waals surface area contributed by atoms with Crippen molar-refractivity contribution in [3.63, 3.8) is 0 Å². The van der Waals surface area contributed by atoms with Gasteiger partial charge in [-0.05, 0) is 24.6 Å². The van der Waals surface area contributed by atoms with E-state index in [4.69, 9.17) is 27.0 Å². The average molecular weight is 338 g/mol. The van der Waals surface area contributed by atoms with Crippen molar-refractivity contribution >= 4 is 37.2 Å². The van der Waals surface area contributed by atoms with Crippen LogP contribution in [-0.4, -0.2) is 45.5 Å². The van der Waals surface area contributed by atoms with Crippen molar-refractivity contribution in [3.05, 3.63) is 28.3 Å². The van der Waals surface area contributed by atoms with Crippen LogP contribution in [0.15, 0.2) is 17.0 Å². The van der Waals surface area contributed by atoms with Crippen molar-refractivity contribution in [1.82, 2.24) is 4.90 Å². The van der Waals surface area contributed by atoms with Gasteiger partial charge in [-0.1, -0.05) is 11.6 Å². The molecule has 0 N–H and O–H groups in total. The average Bonchev–Trinajstić information content (AvgIpc) is 2.40. The topological polar surface area (TPSA) is 63.7 Å². The summed E-state index contributed by atoms with van der Waals surface area (Å²) in [6.45, 7) is 3.40. The van der Waals surface area contributed by atoms with Crippen molar-refractivity contribution < 1.29 is 17.9 Å². The highest BCUT2D eigenvalue weighted by atomic mass is 35.7. The summed E-state index contributed by atoms with van der Waals surface area (Å²) in [5, 5.41) is 0.159. The molecule has 1 heterocycles. The number of benzene rings is 1. The van der Waals surface area contributed by atoms with Crippen LogP contribution < -0.4 is 0 Å². The standard InChI is InChI=1S/C12H13Cl2NO4S/c1-8-10(12(16)15-2-4-19-5-3-15)6-9(13)7-11(8)20(14,17)18/h6-7H,2-5H2,1H3. The monoisotopic (exact) mass is 337 g/mol. The van der Waals surface area contributed by atoms with E-state index in [0.717, 1.165) is 0 Å². The smallest absolute Gasteiger partial charge is 0.261 e. The molecule has 0 unspecified atom stereocenters. The minimum Gasteiger partial charge on any atom is -0.378 e. The molecular weight excluding hydrogens is 325 g/mol. The molecule has 1 saturated heterocycles. The molecule has 5 nitrogen and oxygen atoms in total. The van der Waals surface area contributed by atoms with Crippen LogP contribution in [-0.2, 0) is 13.8 Å². The van der Waals surface area contributed by atoms with E-state index in [0.29, 0.717) is 31.9 Å². The van der Waals surface area contributed by atoms with E-state index in [1.54, 1.807) is 11.8 Å². The third-order valence-electron chi connectivity index (χ3n) is 3.12. The van der Waals surface area contributed by atoms with Crippen molar-refractivity contribution in [2.24, 2.45) is 0 Å². The minimum absolute atomic E-state index is 0.136. The highest BCUT2D eigenvalue weighted by Crippen LogP contribution is 2.28. The number of carbonyl (C=O) groups is 1. The highest BCUT2D eigenvalue weighted by Gasteiger charge is 2.24. The molecule has 0 saturated carbocycles. The fourth-order valence-corrected chi connectivity index (χ4v) is 3.57. The van der Waals surface area contributed by atoms with Gasteiger partial charge in [-0.25, -0.2) is 8.42 Å². The molecule has 0 aliphatic carbocycles. The predicted octanol–water partition coefficient (Wildman–Crippen LogP) is 2.05. The van der Waals surface area contributed by atoms with E-state index in [2.05, 4.69) is 0 Å². The number of amides is 1. The van der Waals surface area contributed by atoms with Gasteiger partial charge >= 0.3 is 0 Å². The van der Waals surface area contributed by atoms with E-state index >= 15 is 0 Å². The molecule has 1 aromatic carbocycles. The Balaban J connectivity index is 2.46. The predicted molar refractivity (Wildman–Crippen MR) is 76.0 cm³/mol. The number of morpholine rings is 1. The quantitative estimate of drug-likeness (QED) is 0.775. The summed E-state index contributed by atoms with van der Waals surface area (Å²) in [4.78, 5) is 13.9. The summed E-state index contributed by atoms with van der Waals surface area (Å²) in [7, 11) is 1.42. The summed E-state index contributed by atoms with van der Waals surface area (Å²) in [6.07, 6.45) is 0. The van der Waals surface area contributed by atoms with E-state index in [-0.39, 0.29) is 21.4 Å². The second-order valence-electron chi connectivity index (χ2n) is 4.42. The fourth-order valence-electron chi connectivity index (χ4n) is 2.07. The Labute approximate surface area is 126 Å². The van der Waals surface area contributed by atoms with Gasteiger partial charge in [0.1, 0.15) is 0 Å². The van der Waals surface area contributed by atoms with Crippen LogP contribution >= 0.6 is 22.3 Å². The number of ether oxygens (including phenoxy) is 1. The lowest BCUT2D eigenvalue weighted by molar-refractivity contribution is 0.0302. The lowest BCUT2D eigenvalue weighted by atomic mass is 10.1. The van der Waals surface area contributed by atoms with Crippen LogP contribution in [0.2, 0.25) is 5.02 Å². The molecule has 8 heteroatoms. The first kappa shape index (κ1) is 15.6. The van der Waals surface area contributed by atoms with Gasteiger partial charge < -0.3 is 9.64 Å². The number of halogens is 2. The zero-order chi connectivity index (χ0) is 14.9. The third kappa shape index (κ3) is 3.25. The molecule has 2 rings (SSSR count). The van der Waals surface area contributed by atoms with Crippen LogP contribution in [0.1, 0.15) is 15.9 Å². The Kier molecular flexibility index (Phi) is 4.59. The maximum absolute atomic E-state index is 12.4. The van der Waals surface area contributed by atoms with Crippen LogP contribution in [0, 0.1) is 6.92 Å². The van der Waals surface area contributed by atoms with Gasteiger partial charge in [0.15, 0.2) is 0 Å². The first-order chi connectivity index (χ1) is 9.30. The first-order valence-electron chi connectivity index (χ1n) is 5.92. The van der Waals surface area contributed by atoms with Crippen LogP contribution in [0.4, 0.5) is 0 Å². The first-order valence-corrected chi connectivity index (χ1v) is 8.61. The van der Waals surface area contributed by atoms with E-state index in [1.165, 1.54) is 12.1 Å². The maximum Gasteiger partial charge on any atom is 0.261 e. The van der Waals surface area contributed by atoms with Gasteiger partial charge in [0.2, 0.25) is 0 Å². The van der Waals surface area contributed by atoms with Gasteiger partial charge in [0.05, 0.1) is 18.1 Å². The largest absolute Gasteiger partial charge is 0.378 e. The molecular formula is C12H13Cl2NO4S. The summed E-state index contributed by atoms with van der Waals surface area (Å²) in [6, 6.07) is 2.70. The van der Waals surface area contributed by atoms with E-state index in [1.807, 2.05) is 0 Å². The Morgan fingerprint density at radius 2 is 1.90 bits per heavy atom. The lowest BCUT2D eigenvalue weighted by Crippen LogP contribution is -2.41. The summed E-state index contributed by atoms with van der Waals surface area (Å²) in [5.41, 5.74) is 0.555. The Hall–Kier alpha value is -0.820. The lowest BCUT2D eigenvalue weighted by Gasteiger charge is -2.27. The zero-order valence-electron chi connectivity index (χ0n) is 10.7. The molecule has 0 atom stereocenters. The van der Waals surface area contributed by atoms with Gasteiger partial charge in [-0.15, -0.1) is 0 Å². The molecule has 0 radical (unpaired) electrons. The van der Waals surface area contributed by atoms with Crippen molar-refractivity contribution in [2.75, 3.05) is 26.3 Å². The second kappa shape index (κ2) is 5.89. The van der Waals surface area contributed by atoms with Crippen molar-refractivity contribution in [1.29, 1.82) is 0 Å². The SMILES string of the molecule is Cc1c(C(=O)N2CCOCC2)cc(Cl)cc1S(=O)(=O)Cl. The van der Waals surface area contributed by atoms with E-state index < -0.39 is 9.05 Å². The number of nitrogens with zero attached hydrogens (tertiary/aromatic N) is 1. The zero-order valence-corrected chi connectivity index (χ0v) is 13.1. The Bertz CT molecular complexity index is 639. The summed E-state index contributed by atoms with van der Waals surface area (Å²) in [5.74, 6) is -0.269. The van der Waals surface area contributed by atoms with Gasteiger partial charge in [-0.2, -0.15) is 0 Å². The van der Waals surface area contributed by atoms with Gasteiger partial charge in [-0.3, -0.25) is 4.79 Å². The highest BCUT2D eigenvalue weighted by molar-refractivity contribution is 8.13. The van der Waals surface area contributed by atoms with Gasteiger partial charge in [0.25, 0.3) is 15.0 Å². The molecule has 20 heavy (non-hydrogen) atoms. The van der Waals surface area contributed by atoms with Crippen molar-refractivity contribution in [3.8, 4) is 0 Å². The van der Waals surface area contributed by atoms with Crippen LogP contribution in [0.25, 0.3) is 0 Å². The Morgan fingerprint density at radius 1 is 1.30 bits per heavy atom. The van der Waals surface area contributed by atoms with Crippen LogP contribution in [0.5, 0.6) is 0 Å².